The summed E-state index contributed by atoms with van der Waals surface area (Å²) in [4.78, 5) is 0. The van der Waals surface area contributed by atoms with Crippen LogP contribution >= 0.6 is 0 Å². The van der Waals surface area contributed by atoms with E-state index in [9.17, 15) is 10.2 Å². The van der Waals surface area contributed by atoms with Gasteiger partial charge in [0.05, 0.1) is 0 Å². The van der Waals surface area contributed by atoms with Gasteiger partial charge in [0, 0.05) is 0 Å². The molecule has 0 unspecified atom stereocenters. The standard InChI is InChI=1S/C17H20O2/c1-12-6-8-16(18)14(10-12)4-3-5-15-11-13(2)7-9-17(15)19/h6-11,18-19H,3-5H2,1-2H3. The molecule has 0 radical (unpaired) electrons. The molecular weight excluding hydrogens is 236 g/mol. The predicted octanol–water partition coefficient (Wildman–Crippen LogP) is 3.89. The molecule has 0 aliphatic carbocycles. The fourth-order valence-electron chi connectivity index (χ4n) is 2.30. The molecule has 0 atom stereocenters. The Morgan fingerprint density at radius 1 is 0.737 bits per heavy atom. The molecule has 19 heavy (non-hydrogen) atoms. The molecule has 2 N–H and O–H groups in total. The molecule has 2 aromatic rings. The van der Waals surface area contributed by atoms with Gasteiger partial charge in [-0.2, -0.15) is 0 Å². The monoisotopic (exact) mass is 256 g/mol. The summed E-state index contributed by atoms with van der Waals surface area (Å²) in [6, 6.07) is 11.3. The maximum atomic E-state index is 9.78. The Balaban J connectivity index is 2.00. The largest absolute Gasteiger partial charge is 0.508 e. The molecule has 0 aliphatic rings. The second-order valence-corrected chi connectivity index (χ2v) is 5.12. The van der Waals surface area contributed by atoms with Crippen molar-refractivity contribution in [2.24, 2.45) is 0 Å². The van der Waals surface area contributed by atoms with Gasteiger partial charge in [0.25, 0.3) is 0 Å². The normalized spacial score (nSPS) is 10.6. The lowest BCUT2D eigenvalue weighted by Crippen LogP contribution is -1.92. The van der Waals surface area contributed by atoms with Gasteiger partial charge in [-0.25, -0.2) is 0 Å². The molecular formula is C17H20O2. The number of hydrogen-bond acceptors (Lipinski definition) is 2. The summed E-state index contributed by atoms with van der Waals surface area (Å²) in [5.74, 6) is 0.720. The molecule has 100 valence electrons. The van der Waals surface area contributed by atoms with Crippen LogP contribution in [0.25, 0.3) is 0 Å². The predicted molar refractivity (Wildman–Crippen MR) is 77.7 cm³/mol. The number of phenolic OH excluding ortho intramolecular Hbond substituents is 2. The molecule has 0 bridgehead atoms. The van der Waals surface area contributed by atoms with Gasteiger partial charge < -0.3 is 10.2 Å². The Kier molecular flexibility index (Phi) is 4.10. The molecule has 2 nitrogen and oxygen atoms in total. The molecule has 0 saturated heterocycles. The van der Waals surface area contributed by atoms with Gasteiger partial charge in [-0.1, -0.05) is 35.4 Å². The van der Waals surface area contributed by atoms with Crippen molar-refractivity contribution in [3.8, 4) is 11.5 Å². The lowest BCUT2D eigenvalue weighted by atomic mass is 10.0. The molecule has 0 amide bonds. The Hall–Kier alpha value is -1.96. The first kappa shape index (κ1) is 13.5. The smallest absolute Gasteiger partial charge is 0.118 e. The third kappa shape index (κ3) is 3.50. The molecule has 0 heterocycles. The minimum atomic E-state index is 0.360. The average Bonchev–Trinajstić information content (AvgIpc) is 2.38. The number of rotatable bonds is 4. The van der Waals surface area contributed by atoms with Crippen LogP contribution in [0.3, 0.4) is 0 Å². The third-order valence-corrected chi connectivity index (χ3v) is 3.36. The van der Waals surface area contributed by atoms with Gasteiger partial charge in [-0.3, -0.25) is 0 Å². The number of phenols is 2. The van der Waals surface area contributed by atoms with E-state index in [1.807, 2.05) is 38.1 Å². The fraction of sp³-hybridized carbons (Fsp3) is 0.294. The first-order valence-corrected chi connectivity index (χ1v) is 6.63. The van der Waals surface area contributed by atoms with Crippen LogP contribution in [-0.4, -0.2) is 10.2 Å². The second-order valence-electron chi connectivity index (χ2n) is 5.12. The highest BCUT2D eigenvalue weighted by atomic mass is 16.3. The second kappa shape index (κ2) is 5.79. The highest BCUT2D eigenvalue weighted by molar-refractivity contribution is 5.37. The molecule has 2 heteroatoms. The van der Waals surface area contributed by atoms with Crippen LogP contribution in [-0.2, 0) is 12.8 Å². The minimum Gasteiger partial charge on any atom is -0.508 e. The van der Waals surface area contributed by atoms with Crippen LogP contribution in [0.15, 0.2) is 36.4 Å². The molecule has 0 aliphatic heterocycles. The summed E-state index contributed by atoms with van der Waals surface area (Å²) in [6.07, 6.45) is 2.55. The van der Waals surface area contributed by atoms with Crippen molar-refractivity contribution in [3.05, 3.63) is 58.7 Å². The first-order valence-electron chi connectivity index (χ1n) is 6.63. The summed E-state index contributed by atoms with van der Waals surface area (Å²) >= 11 is 0. The molecule has 0 spiro atoms. The van der Waals surface area contributed by atoms with E-state index in [1.165, 1.54) is 0 Å². The Morgan fingerprint density at radius 2 is 1.16 bits per heavy atom. The lowest BCUT2D eigenvalue weighted by molar-refractivity contribution is 0.463. The van der Waals surface area contributed by atoms with Crippen molar-refractivity contribution in [2.75, 3.05) is 0 Å². The van der Waals surface area contributed by atoms with Crippen LogP contribution in [0.5, 0.6) is 11.5 Å². The zero-order valence-corrected chi connectivity index (χ0v) is 11.5. The van der Waals surface area contributed by atoms with Gasteiger partial charge >= 0.3 is 0 Å². The number of aryl methyl sites for hydroxylation is 4. The highest BCUT2D eigenvalue weighted by Crippen LogP contribution is 2.23. The molecule has 2 rings (SSSR count). The number of benzene rings is 2. The molecule has 0 fully saturated rings. The maximum absolute atomic E-state index is 9.78. The number of aromatic hydroxyl groups is 2. The van der Waals surface area contributed by atoms with Crippen LogP contribution in [0, 0.1) is 13.8 Å². The van der Waals surface area contributed by atoms with Crippen molar-refractivity contribution in [3.63, 3.8) is 0 Å². The Morgan fingerprint density at radius 3 is 1.58 bits per heavy atom. The van der Waals surface area contributed by atoms with Crippen LogP contribution in [0.1, 0.15) is 28.7 Å². The van der Waals surface area contributed by atoms with E-state index < -0.39 is 0 Å². The van der Waals surface area contributed by atoms with E-state index in [0.717, 1.165) is 41.5 Å². The minimum absolute atomic E-state index is 0.360. The molecule has 2 aromatic carbocycles. The maximum Gasteiger partial charge on any atom is 0.118 e. The fourth-order valence-corrected chi connectivity index (χ4v) is 2.30. The molecule has 0 aromatic heterocycles. The summed E-state index contributed by atoms with van der Waals surface area (Å²) in [5, 5.41) is 19.6. The van der Waals surface area contributed by atoms with Crippen LogP contribution in [0.2, 0.25) is 0 Å². The Labute approximate surface area is 114 Å². The van der Waals surface area contributed by atoms with Gasteiger partial charge in [-0.15, -0.1) is 0 Å². The van der Waals surface area contributed by atoms with Crippen LogP contribution < -0.4 is 0 Å². The highest BCUT2D eigenvalue weighted by Gasteiger charge is 2.04. The van der Waals surface area contributed by atoms with Gasteiger partial charge in [0.1, 0.15) is 11.5 Å². The van der Waals surface area contributed by atoms with E-state index in [2.05, 4.69) is 0 Å². The quantitative estimate of drug-likeness (QED) is 0.871. The third-order valence-electron chi connectivity index (χ3n) is 3.36. The first-order chi connectivity index (χ1) is 9.06. The summed E-state index contributed by atoms with van der Waals surface area (Å²) in [5.41, 5.74) is 4.27. The summed E-state index contributed by atoms with van der Waals surface area (Å²) in [7, 11) is 0. The summed E-state index contributed by atoms with van der Waals surface area (Å²) < 4.78 is 0. The van der Waals surface area contributed by atoms with Gasteiger partial charge in [0.2, 0.25) is 0 Å². The topological polar surface area (TPSA) is 40.5 Å². The summed E-state index contributed by atoms with van der Waals surface area (Å²) in [6.45, 7) is 4.05. The lowest BCUT2D eigenvalue weighted by Gasteiger charge is -2.08. The zero-order chi connectivity index (χ0) is 13.8. The van der Waals surface area contributed by atoms with Crippen molar-refractivity contribution in [1.82, 2.24) is 0 Å². The zero-order valence-electron chi connectivity index (χ0n) is 11.5. The van der Waals surface area contributed by atoms with E-state index in [4.69, 9.17) is 0 Å². The van der Waals surface area contributed by atoms with Gasteiger partial charge in [-0.05, 0) is 56.4 Å². The van der Waals surface area contributed by atoms with Crippen molar-refractivity contribution in [2.45, 2.75) is 33.1 Å². The van der Waals surface area contributed by atoms with E-state index in [0.29, 0.717) is 11.5 Å². The SMILES string of the molecule is Cc1ccc(O)c(CCCc2cc(C)ccc2O)c1. The molecule has 0 saturated carbocycles. The van der Waals surface area contributed by atoms with E-state index in [1.54, 1.807) is 12.1 Å². The van der Waals surface area contributed by atoms with Crippen LogP contribution in [0.4, 0.5) is 0 Å². The average molecular weight is 256 g/mol. The van der Waals surface area contributed by atoms with E-state index in [-0.39, 0.29) is 0 Å². The van der Waals surface area contributed by atoms with Crippen molar-refractivity contribution < 1.29 is 10.2 Å². The van der Waals surface area contributed by atoms with Crippen molar-refractivity contribution >= 4 is 0 Å². The van der Waals surface area contributed by atoms with Crippen molar-refractivity contribution in [1.29, 1.82) is 0 Å². The van der Waals surface area contributed by atoms with Gasteiger partial charge in [0.15, 0.2) is 0 Å². The van der Waals surface area contributed by atoms with E-state index >= 15 is 0 Å². The number of hydrogen-bond donors (Lipinski definition) is 2. The Bertz CT molecular complexity index is 522.